The van der Waals surface area contributed by atoms with Gasteiger partial charge in [0.1, 0.15) is 6.61 Å². The Hall–Kier alpha value is -3.11. The molecule has 0 aliphatic heterocycles. The van der Waals surface area contributed by atoms with E-state index >= 15 is 0 Å². The van der Waals surface area contributed by atoms with Crippen LogP contribution >= 0.6 is 11.6 Å². The third kappa shape index (κ3) is 5.76. The van der Waals surface area contributed by atoms with Crippen LogP contribution in [0.2, 0.25) is 5.02 Å². The molecule has 2 rings (SSSR count). The number of nitrogens with zero attached hydrogens (tertiary/aromatic N) is 1. The highest BCUT2D eigenvalue weighted by atomic mass is 35.5. The van der Waals surface area contributed by atoms with Crippen molar-refractivity contribution < 1.29 is 18.8 Å². The lowest BCUT2D eigenvalue weighted by atomic mass is 10.2. The van der Waals surface area contributed by atoms with Crippen LogP contribution in [0.25, 0.3) is 0 Å². The van der Waals surface area contributed by atoms with E-state index in [-0.39, 0.29) is 30.2 Å². The molecule has 0 atom stereocenters. The zero-order valence-corrected chi connectivity index (χ0v) is 14.3. The van der Waals surface area contributed by atoms with Gasteiger partial charge in [-0.1, -0.05) is 53.8 Å². The smallest absolute Gasteiger partial charge is 0.407 e. The van der Waals surface area contributed by atoms with Crippen molar-refractivity contribution in [3.63, 3.8) is 0 Å². The average Bonchev–Trinajstić information content (AvgIpc) is 2.62. The van der Waals surface area contributed by atoms with Crippen LogP contribution in [-0.2, 0) is 11.3 Å². The lowest BCUT2D eigenvalue weighted by Crippen LogP contribution is -2.24. The normalized spacial score (nSPS) is 9.77. The van der Waals surface area contributed by atoms with Crippen LogP contribution in [0.1, 0.15) is 17.5 Å². The topological polar surface area (TPSA) is 81.5 Å². The van der Waals surface area contributed by atoms with E-state index in [1.165, 1.54) is 0 Å². The molecule has 0 bridgehead atoms. The summed E-state index contributed by atoms with van der Waals surface area (Å²) in [6.07, 6.45) is -0.301. The van der Waals surface area contributed by atoms with E-state index in [0.29, 0.717) is 0 Å². The third-order valence-electron chi connectivity index (χ3n) is 3.19. The molecule has 26 heavy (non-hydrogen) atoms. The second-order valence-corrected chi connectivity index (χ2v) is 5.49. The first-order valence-electron chi connectivity index (χ1n) is 7.54. The maximum Gasteiger partial charge on any atom is 0.407 e. The lowest BCUT2D eigenvalue weighted by Gasteiger charge is -2.05. The van der Waals surface area contributed by atoms with Crippen molar-refractivity contribution in [1.29, 1.82) is 0 Å². The minimum absolute atomic E-state index is 0.0131. The number of carbonyl (C=O) groups excluding carboxylic acids is 1. The number of nitro groups is 1. The Labute approximate surface area is 154 Å². The van der Waals surface area contributed by atoms with Crippen LogP contribution in [-0.4, -0.2) is 17.6 Å². The Morgan fingerprint density at radius 3 is 2.73 bits per heavy atom. The van der Waals surface area contributed by atoms with Crippen LogP contribution in [0.15, 0.2) is 42.5 Å². The van der Waals surface area contributed by atoms with E-state index in [4.69, 9.17) is 16.3 Å². The first kappa shape index (κ1) is 19.2. The SMILES string of the molecule is O=C(NCCC#Cc1cc(F)c([N+](=O)[O-])cc1Cl)OCc1ccccc1. The van der Waals surface area contributed by atoms with Crippen LogP contribution in [0.3, 0.4) is 0 Å². The van der Waals surface area contributed by atoms with Crippen molar-refractivity contribution in [1.82, 2.24) is 5.32 Å². The first-order valence-corrected chi connectivity index (χ1v) is 7.92. The van der Waals surface area contributed by atoms with Gasteiger partial charge in [-0.2, -0.15) is 4.39 Å². The van der Waals surface area contributed by atoms with Crippen molar-refractivity contribution in [2.45, 2.75) is 13.0 Å². The standard InChI is InChI=1S/C18H14ClFN2O4/c19-15-11-17(22(24)25)16(20)10-14(15)8-4-5-9-21-18(23)26-12-13-6-2-1-3-7-13/h1-3,6-7,10-11H,5,9,12H2,(H,21,23). The van der Waals surface area contributed by atoms with Crippen molar-refractivity contribution in [3.8, 4) is 11.8 Å². The van der Waals surface area contributed by atoms with E-state index in [1.54, 1.807) is 0 Å². The monoisotopic (exact) mass is 376 g/mol. The van der Waals surface area contributed by atoms with Crippen molar-refractivity contribution >= 4 is 23.4 Å². The Morgan fingerprint density at radius 2 is 2.04 bits per heavy atom. The third-order valence-corrected chi connectivity index (χ3v) is 3.50. The molecule has 0 fully saturated rings. The molecule has 6 nitrogen and oxygen atoms in total. The van der Waals surface area contributed by atoms with Crippen LogP contribution in [0, 0.1) is 27.8 Å². The average molecular weight is 377 g/mol. The Kier molecular flexibility index (Phi) is 6.94. The van der Waals surface area contributed by atoms with E-state index in [9.17, 15) is 19.3 Å². The van der Waals surface area contributed by atoms with Gasteiger partial charge in [-0.25, -0.2) is 4.79 Å². The summed E-state index contributed by atoms with van der Waals surface area (Å²) >= 11 is 5.84. The van der Waals surface area contributed by atoms with Crippen molar-refractivity contribution in [2.75, 3.05) is 6.54 Å². The van der Waals surface area contributed by atoms with Gasteiger partial charge in [0.25, 0.3) is 0 Å². The lowest BCUT2D eigenvalue weighted by molar-refractivity contribution is -0.387. The van der Waals surface area contributed by atoms with Gasteiger partial charge < -0.3 is 10.1 Å². The number of rotatable bonds is 5. The summed E-state index contributed by atoms with van der Waals surface area (Å²) < 4.78 is 18.6. The van der Waals surface area contributed by atoms with Crippen LogP contribution < -0.4 is 5.32 Å². The van der Waals surface area contributed by atoms with Gasteiger partial charge >= 0.3 is 11.8 Å². The number of halogens is 2. The number of benzene rings is 2. The molecule has 0 radical (unpaired) electrons. The quantitative estimate of drug-likeness (QED) is 0.369. The Bertz CT molecular complexity index is 863. The molecule has 0 aliphatic rings. The molecule has 0 saturated heterocycles. The minimum Gasteiger partial charge on any atom is -0.445 e. The molecule has 0 aromatic heterocycles. The molecule has 2 aromatic rings. The molecule has 0 saturated carbocycles. The summed E-state index contributed by atoms with van der Waals surface area (Å²) in [5.74, 6) is 4.31. The van der Waals surface area contributed by atoms with Crippen molar-refractivity contribution in [2.24, 2.45) is 0 Å². The summed E-state index contributed by atoms with van der Waals surface area (Å²) in [7, 11) is 0. The Balaban J connectivity index is 1.79. The highest BCUT2D eigenvalue weighted by Crippen LogP contribution is 2.25. The molecular weight excluding hydrogens is 363 g/mol. The number of nitro benzene ring substituents is 1. The maximum absolute atomic E-state index is 13.5. The van der Waals surface area contributed by atoms with Gasteiger partial charge in [-0.15, -0.1) is 0 Å². The van der Waals surface area contributed by atoms with Crippen LogP contribution in [0.4, 0.5) is 14.9 Å². The first-order chi connectivity index (χ1) is 12.5. The fourth-order valence-electron chi connectivity index (χ4n) is 1.93. The predicted molar refractivity (Wildman–Crippen MR) is 94.2 cm³/mol. The number of carbonyl (C=O) groups is 1. The molecule has 1 amide bonds. The van der Waals surface area contributed by atoms with Gasteiger partial charge in [0.05, 0.1) is 9.95 Å². The second kappa shape index (κ2) is 9.39. The van der Waals surface area contributed by atoms with Gasteiger partial charge in [0.15, 0.2) is 0 Å². The summed E-state index contributed by atoms with van der Waals surface area (Å²) in [5, 5.41) is 13.1. The van der Waals surface area contributed by atoms with Gasteiger partial charge in [0.2, 0.25) is 5.82 Å². The van der Waals surface area contributed by atoms with Gasteiger partial charge in [-0.3, -0.25) is 10.1 Å². The number of hydrogen-bond donors (Lipinski definition) is 1. The van der Waals surface area contributed by atoms with Crippen LogP contribution in [0.5, 0.6) is 0 Å². The number of ether oxygens (including phenoxy) is 1. The molecule has 0 heterocycles. The van der Waals surface area contributed by atoms with E-state index in [1.807, 2.05) is 30.3 Å². The second-order valence-electron chi connectivity index (χ2n) is 5.08. The fraction of sp³-hybridized carbons (Fsp3) is 0.167. The molecule has 2 aromatic carbocycles. The fourth-order valence-corrected chi connectivity index (χ4v) is 2.14. The molecule has 1 N–H and O–H groups in total. The maximum atomic E-state index is 13.5. The summed E-state index contributed by atoms with van der Waals surface area (Å²) in [4.78, 5) is 21.3. The van der Waals surface area contributed by atoms with E-state index in [0.717, 1.165) is 17.7 Å². The number of amides is 1. The highest BCUT2D eigenvalue weighted by molar-refractivity contribution is 6.32. The molecule has 0 spiro atoms. The number of hydrogen-bond acceptors (Lipinski definition) is 4. The van der Waals surface area contributed by atoms with Gasteiger partial charge in [0, 0.05) is 24.6 Å². The number of alkyl carbamates (subject to hydrolysis) is 1. The molecular formula is C18H14ClFN2O4. The summed E-state index contributed by atoms with van der Waals surface area (Å²) in [6.45, 7) is 0.393. The van der Waals surface area contributed by atoms with Crippen molar-refractivity contribution in [3.05, 3.63) is 74.5 Å². The summed E-state index contributed by atoms with van der Waals surface area (Å²) in [6, 6.07) is 11.1. The number of nitrogens with one attached hydrogen (secondary N) is 1. The molecule has 0 unspecified atom stereocenters. The van der Waals surface area contributed by atoms with E-state index in [2.05, 4.69) is 17.2 Å². The highest BCUT2D eigenvalue weighted by Gasteiger charge is 2.16. The minimum atomic E-state index is -1.01. The Morgan fingerprint density at radius 1 is 1.31 bits per heavy atom. The predicted octanol–water partition coefficient (Wildman–Crippen LogP) is 4.06. The molecule has 0 aliphatic carbocycles. The van der Waals surface area contributed by atoms with E-state index < -0.39 is 22.5 Å². The van der Waals surface area contributed by atoms with Gasteiger partial charge in [-0.05, 0) is 11.6 Å². The zero-order chi connectivity index (χ0) is 18.9. The molecule has 134 valence electrons. The molecule has 8 heteroatoms. The largest absolute Gasteiger partial charge is 0.445 e. The summed E-state index contributed by atoms with van der Waals surface area (Å²) in [5.41, 5.74) is 0.307. The zero-order valence-electron chi connectivity index (χ0n) is 13.5.